The number of carbonyl (C=O) groups is 1. The average Bonchev–Trinajstić information content (AvgIpc) is 2.73. The number of aromatic carboxylic acids is 1. The van der Waals surface area contributed by atoms with Crippen LogP contribution >= 0.6 is 0 Å². The standard InChI is InChI=1S/C21H13F6N3O2/c22-20(23,24)13-6-8-15(9-7-13)29-30-17(18-16(19(31)32)5-2-10-28-18)12-3-1-4-14(11-12)21(25,26)27/h1-11,17H,(H,31,32). The van der Waals surface area contributed by atoms with E-state index in [0.29, 0.717) is 0 Å². The maximum atomic E-state index is 13.2. The molecule has 0 fully saturated rings. The molecule has 1 unspecified atom stereocenters. The fraction of sp³-hybridized carbons (Fsp3) is 0.143. The molecule has 3 aromatic rings. The molecule has 0 aliphatic carbocycles. The number of alkyl halides is 6. The van der Waals surface area contributed by atoms with Gasteiger partial charge in [0.25, 0.3) is 0 Å². The number of hydrogen-bond acceptors (Lipinski definition) is 4. The molecule has 5 nitrogen and oxygen atoms in total. The van der Waals surface area contributed by atoms with Crippen molar-refractivity contribution in [2.24, 2.45) is 10.2 Å². The van der Waals surface area contributed by atoms with Gasteiger partial charge in [-0.25, -0.2) is 4.79 Å². The molecule has 32 heavy (non-hydrogen) atoms. The molecular formula is C21H13F6N3O2. The van der Waals surface area contributed by atoms with Gasteiger partial charge < -0.3 is 5.11 Å². The quantitative estimate of drug-likeness (QED) is 0.345. The van der Waals surface area contributed by atoms with Crippen LogP contribution in [0, 0.1) is 0 Å². The molecule has 0 aliphatic heterocycles. The van der Waals surface area contributed by atoms with Gasteiger partial charge in [0.05, 0.1) is 28.1 Å². The molecule has 0 spiro atoms. The van der Waals surface area contributed by atoms with Crippen LogP contribution in [0.3, 0.4) is 0 Å². The summed E-state index contributed by atoms with van der Waals surface area (Å²) in [5.74, 6) is -1.38. The van der Waals surface area contributed by atoms with Crippen LogP contribution in [0.15, 0.2) is 77.1 Å². The van der Waals surface area contributed by atoms with Gasteiger partial charge in [0, 0.05) is 6.20 Å². The Kier molecular flexibility index (Phi) is 6.28. The zero-order valence-electron chi connectivity index (χ0n) is 15.9. The largest absolute Gasteiger partial charge is 0.478 e. The SMILES string of the molecule is O=C(O)c1cccnc1C(N=Nc1ccc(C(F)(F)F)cc1)c1cccc(C(F)(F)F)c1. The molecule has 1 heterocycles. The van der Waals surface area contributed by atoms with Crippen LogP contribution in [0.2, 0.25) is 0 Å². The van der Waals surface area contributed by atoms with Crippen LogP contribution in [0.4, 0.5) is 32.0 Å². The van der Waals surface area contributed by atoms with Crippen LogP contribution < -0.4 is 0 Å². The molecule has 166 valence electrons. The van der Waals surface area contributed by atoms with E-state index < -0.39 is 35.5 Å². The molecule has 1 atom stereocenters. The summed E-state index contributed by atoms with van der Waals surface area (Å²) in [6.07, 6.45) is -7.97. The highest BCUT2D eigenvalue weighted by Crippen LogP contribution is 2.35. The van der Waals surface area contributed by atoms with Crippen LogP contribution in [-0.4, -0.2) is 16.1 Å². The van der Waals surface area contributed by atoms with Gasteiger partial charge in [0.1, 0.15) is 6.04 Å². The topological polar surface area (TPSA) is 74.9 Å². The van der Waals surface area contributed by atoms with E-state index in [4.69, 9.17) is 0 Å². The second kappa shape index (κ2) is 8.77. The molecule has 0 bridgehead atoms. The Labute approximate surface area is 177 Å². The number of carboxylic acids is 1. The van der Waals surface area contributed by atoms with Crippen LogP contribution in [-0.2, 0) is 12.4 Å². The van der Waals surface area contributed by atoms with Crippen molar-refractivity contribution in [2.75, 3.05) is 0 Å². The number of halogens is 6. The fourth-order valence-corrected chi connectivity index (χ4v) is 2.82. The summed E-state index contributed by atoms with van der Waals surface area (Å²) >= 11 is 0. The summed E-state index contributed by atoms with van der Waals surface area (Å²) in [5, 5.41) is 17.2. The lowest BCUT2D eigenvalue weighted by Gasteiger charge is -2.15. The lowest BCUT2D eigenvalue weighted by molar-refractivity contribution is -0.138. The number of pyridine rings is 1. The summed E-state index contributed by atoms with van der Waals surface area (Å²) in [6.45, 7) is 0. The van der Waals surface area contributed by atoms with E-state index in [9.17, 15) is 36.2 Å². The normalized spacial score (nSPS) is 13.3. The molecule has 1 aromatic heterocycles. The van der Waals surface area contributed by atoms with E-state index in [0.717, 1.165) is 42.5 Å². The monoisotopic (exact) mass is 453 g/mol. The van der Waals surface area contributed by atoms with E-state index >= 15 is 0 Å². The third-order valence-electron chi connectivity index (χ3n) is 4.34. The van der Waals surface area contributed by atoms with Gasteiger partial charge in [-0.05, 0) is 54.1 Å². The van der Waals surface area contributed by atoms with Crippen molar-refractivity contribution >= 4 is 11.7 Å². The Hall–Kier alpha value is -3.76. The molecule has 0 amide bonds. The molecule has 11 heteroatoms. The third kappa shape index (κ3) is 5.29. The van der Waals surface area contributed by atoms with Crippen molar-refractivity contribution in [1.82, 2.24) is 4.98 Å². The Balaban J connectivity index is 2.08. The van der Waals surface area contributed by atoms with Gasteiger partial charge in [-0.1, -0.05) is 12.1 Å². The van der Waals surface area contributed by atoms with E-state index in [1.807, 2.05) is 0 Å². The number of azo groups is 1. The first-order valence-electron chi connectivity index (χ1n) is 8.90. The minimum Gasteiger partial charge on any atom is -0.478 e. The first-order valence-corrected chi connectivity index (χ1v) is 8.90. The highest BCUT2D eigenvalue weighted by atomic mass is 19.4. The van der Waals surface area contributed by atoms with E-state index in [1.54, 1.807) is 0 Å². The van der Waals surface area contributed by atoms with Crippen molar-refractivity contribution in [1.29, 1.82) is 0 Å². The second-order valence-corrected chi connectivity index (χ2v) is 6.53. The summed E-state index contributed by atoms with van der Waals surface area (Å²) in [4.78, 5) is 15.6. The first-order chi connectivity index (χ1) is 15.0. The van der Waals surface area contributed by atoms with Gasteiger partial charge in [0.15, 0.2) is 0 Å². The smallest absolute Gasteiger partial charge is 0.416 e. The number of hydrogen-bond donors (Lipinski definition) is 1. The minimum absolute atomic E-state index is 0.0113. The van der Waals surface area contributed by atoms with Gasteiger partial charge in [0.2, 0.25) is 0 Å². The van der Waals surface area contributed by atoms with E-state index in [-0.39, 0.29) is 22.5 Å². The van der Waals surface area contributed by atoms with E-state index in [2.05, 4.69) is 15.2 Å². The summed E-state index contributed by atoms with van der Waals surface area (Å²) in [5.41, 5.74) is -2.43. The zero-order valence-corrected chi connectivity index (χ0v) is 15.9. The number of aromatic nitrogens is 1. The predicted octanol–water partition coefficient (Wildman–Crippen LogP) is 6.69. The lowest BCUT2D eigenvalue weighted by Crippen LogP contribution is -2.11. The van der Waals surface area contributed by atoms with Crippen molar-refractivity contribution in [3.05, 3.63) is 94.8 Å². The van der Waals surface area contributed by atoms with Crippen LogP contribution in [0.1, 0.15) is 38.8 Å². The highest BCUT2D eigenvalue weighted by Gasteiger charge is 2.32. The number of benzene rings is 2. The highest BCUT2D eigenvalue weighted by molar-refractivity contribution is 5.89. The molecule has 1 N–H and O–H groups in total. The number of nitrogens with zero attached hydrogens (tertiary/aromatic N) is 3. The Morgan fingerprint density at radius 3 is 2.12 bits per heavy atom. The molecule has 0 aliphatic rings. The lowest BCUT2D eigenvalue weighted by atomic mass is 9.98. The van der Waals surface area contributed by atoms with Crippen LogP contribution in [0.25, 0.3) is 0 Å². The van der Waals surface area contributed by atoms with Crippen molar-refractivity contribution in [2.45, 2.75) is 18.4 Å². The van der Waals surface area contributed by atoms with Crippen molar-refractivity contribution in [3.63, 3.8) is 0 Å². The third-order valence-corrected chi connectivity index (χ3v) is 4.34. The second-order valence-electron chi connectivity index (χ2n) is 6.53. The average molecular weight is 453 g/mol. The first kappa shape index (κ1) is 22.9. The molecule has 0 radical (unpaired) electrons. The maximum Gasteiger partial charge on any atom is 0.416 e. The zero-order chi connectivity index (χ0) is 23.5. The molecule has 2 aromatic carbocycles. The minimum atomic E-state index is -4.66. The number of rotatable bonds is 5. The molecule has 0 saturated carbocycles. The van der Waals surface area contributed by atoms with Gasteiger partial charge in [-0.2, -0.15) is 36.6 Å². The number of carboxylic acid groups (broad SMARTS) is 1. The van der Waals surface area contributed by atoms with E-state index in [1.165, 1.54) is 24.4 Å². The van der Waals surface area contributed by atoms with Crippen molar-refractivity contribution in [3.8, 4) is 0 Å². The summed E-state index contributed by atoms with van der Waals surface area (Å²) in [6, 6.07) is 8.86. The molecule has 3 rings (SSSR count). The Morgan fingerprint density at radius 2 is 1.53 bits per heavy atom. The van der Waals surface area contributed by atoms with Gasteiger partial charge in [-0.3, -0.25) is 4.98 Å². The van der Waals surface area contributed by atoms with Gasteiger partial charge >= 0.3 is 18.3 Å². The molecule has 0 saturated heterocycles. The summed E-state index contributed by atoms with van der Waals surface area (Å²) < 4.78 is 77.7. The predicted molar refractivity (Wildman–Crippen MR) is 100 cm³/mol. The van der Waals surface area contributed by atoms with Gasteiger partial charge in [-0.15, -0.1) is 0 Å². The maximum absolute atomic E-state index is 13.2. The van der Waals surface area contributed by atoms with Crippen LogP contribution in [0.5, 0.6) is 0 Å². The molecular weight excluding hydrogens is 440 g/mol. The fourth-order valence-electron chi connectivity index (χ4n) is 2.82. The summed E-state index contributed by atoms with van der Waals surface area (Å²) in [7, 11) is 0. The Morgan fingerprint density at radius 1 is 0.875 bits per heavy atom. The van der Waals surface area contributed by atoms with Crippen molar-refractivity contribution < 1.29 is 36.2 Å². The Bertz CT molecular complexity index is 1140.